The van der Waals surface area contributed by atoms with Crippen LogP contribution in [0.5, 0.6) is 0 Å². The van der Waals surface area contributed by atoms with Gasteiger partial charge in [-0.3, -0.25) is 4.79 Å². The van der Waals surface area contributed by atoms with Crippen molar-refractivity contribution < 1.29 is 13.2 Å². The third kappa shape index (κ3) is 3.56. The molecule has 0 radical (unpaired) electrons. The summed E-state index contributed by atoms with van der Waals surface area (Å²) < 4.78 is 28.1. The Bertz CT molecular complexity index is 952. The van der Waals surface area contributed by atoms with Gasteiger partial charge in [0, 0.05) is 17.8 Å². The number of rotatable bonds is 4. The first-order valence-electron chi connectivity index (χ1n) is 8.00. The van der Waals surface area contributed by atoms with Crippen molar-refractivity contribution in [2.45, 2.75) is 25.2 Å². The summed E-state index contributed by atoms with van der Waals surface area (Å²) in [5, 5.41) is 2.78. The Labute approximate surface area is 147 Å². The van der Waals surface area contributed by atoms with Crippen molar-refractivity contribution in [1.82, 2.24) is 0 Å². The second-order valence-electron chi connectivity index (χ2n) is 5.90. The third-order valence-electron chi connectivity index (χ3n) is 3.88. The van der Waals surface area contributed by atoms with E-state index in [9.17, 15) is 13.2 Å². The zero-order chi connectivity index (χ0) is 18.0. The number of nitrogens with zero attached hydrogens (tertiary/aromatic N) is 2. The van der Waals surface area contributed by atoms with Crippen molar-refractivity contribution >= 4 is 33.6 Å². The largest absolute Gasteiger partial charge is 0.331 e. The standard InChI is InChI=1S/C18H19N3O3S/c1-3-9-21-12-19-25(23,24)17-11-14(7-8-16(17)21)18(22)20-15-6-4-5-13(2)10-15/h4-8,10-12H,3,9H2,1-2H3,(H,20,22). The van der Waals surface area contributed by atoms with Crippen LogP contribution in [0.25, 0.3) is 0 Å². The molecule has 0 atom stereocenters. The highest BCUT2D eigenvalue weighted by Gasteiger charge is 2.26. The normalized spacial score (nSPS) is 14.9. The Morgan fingerprint density at radius 1 is 1.20 bits per heavy atom. The maximum Gasteiger partial charge on any atom is 0.285 e. The Morgan fingerprint density at radius 3 is 2.72 bits per heavy atom. The van der Waals surface area contributed by atoms with Crippen LogP contribution in [0.15, 0.2) is 51.8 Å². The molecule has 0 fully saturated rings. The molecule has 1 aliphatic heterocycles. The first kappa shape index (κ1) is 17.2. The van der Waals surface area contributed by atoms with Crippen LogP contribution >= 0.6 is 0 Å². The number of anilines is 2. The molecule has 25 heavy (non-hydrogen) atoms. The first-order valence-corrected chi connectivity index (χ1v) is 9.44. The molecule has 6 nitrogen and oxygen atoms in total. The van der Waals surface area contributed by atoms with Crippen LogP contribution in [0.1, 0.15) is 29.3 Å². The highest BCUT2D eigenvalue weighted by molar-refractivity contribution is 7.90. The number of benzene rings is 2. The fraction of sp³-hybridized carbons (Fsp3) is 0.222. The van der Waals surface area contributed by atoms with E-state index in [4.69, 9.17) is 0 Å². The smallest absolute Gasteiger partial charge is 0.285 e. The van der Waals surface area contributed by atoms with E-state index >= 15 is 0 Å². The topological polar surface area (TPSA) is 78.8 Å². The van der Waals surface area contributed by atoms with Gasteiger partial charge in [0.1, 0.15) is 11.2 Å². The third-order valence-corrected chi connectivity index (χ3v) is 5.13. The van der Waals surface area contributed by atoms with Gasteiger partial charge < -0.3 is 10.2 Å². The number of fused-ring (bicyclic) bond motifs is 1. The van der Waals surface area contributed by atoms with E-state index in [1.807, 2.05) is 32.0 Å². The quantitative estimate of drug-likeness (QED) is 0.911. The van der Waals surface area contributed by atoms with Crippen molar-refractivity contribution in [2.75, 3.05) is 16.8 Å². The lowest BCUT2D eigenvalue weighted by molar-refractivity contribution is 0.102. The van der Waals surface area contributed by atoms with Gasteiger partial charge in [-0.1, -0.05) is 19.1 Å². The van der Waals surface area contributed by atoms with E-state index in [0.717, 1.165) is 12.0 Å². The molecule has 1 amide bonds. The van der Waals surface area contributed by atoms with Crippen LogP contribution in [0.2, 0.25) is 0 Å². The van der Waals surface area contributed by atoms with Crippen molar-refractivity contribution in [3.63, 3.8) is 0 Å². The summed E-state index contributed by atoms with van der Waals surface area (Å²) in [4.78, 5) is 14.3. The number of carbonyl (C=O) groups is 1. The Balaban J connectivity index is 1.94. The van der Waals surface area contributed by atoms with Crippen LogP contribution in [0, 0.1) is 6.92 Å². The van der Waals surface area contributed by atoms with Gasteiger partial charge in [0.25, 0.3) is 15.9 Å². The molecule has 0 aromatic heterocycles. The molecule has 1 N–H and O–H groups in total. The van der Waals surface area contributed by atoms with Crippen molar-refractivity contribution in [1.29, 1.82) is 0 Å². The lowest BCUT2D eigenvalue weighted by Gasteiger charge is -2.25. The second-order valence-corrected chi connectivity index (χ2v) is 7.50. The summed E-state index contributed by atoms with van der Waals surface area (Å²) >= 11 is 0. The molecule has 0 bridgehead atoms. The van der Waals surface area contributed by atoms with Gasteiger partial charge in [0.05, 0.1) is 5.69 Å². The molecule has 1 heterocycles. The summed E-state index contributed by atoms with van der Waals surface area (Å²) in [6.07, 6.45) is 2.18. The lowest BCUT2D eigenvalue weighted by atomic mass is 10.1. The SMILES string of the molecule is CCCN1C=NS(=O)(=O)c2cc(C(=O)Nc3cccc(C)c3)ccc21. The van der Waals surface area contributed by atoms with Gasteiger partial charge in [0.15, 0.2) is 0 Å². The van der Waals surface area contributed by atoms with E-state index in [1.54, 1.807) is 23.1 Å². The number of carbonyl (C=O) groups excluding carboxylic acids is 1. The molecule has 3 rings (SSSR count). The van der Waals surface area contributed by atoms with Crippen LogP contribution in [-0.2, 0) is 10.0 Å². The van der Waals surface area contributed by atoms with Crippen molar-refractivity contribution in [3.8, 4) is 0 Å². The molecule has 0 spiro atoms. The average Bonchev–Trinajstić information content (AvgIpc) is 2.57. The number of sulfonamides is 1. The van der Waals surface area contributed by atoms with Crippen LogP contribution in [0.3, 0.4) is 0 Å². The van der Waals surface area contributed by atoms with Crippen molar-refractivity contribution in [2.24, 2.45) is 4.40 Å². The first-order chi connectivity index (χ1) is 11.9. The number of aryl methyl sites for hydroxylation is 1. The molecular formula is C18H19N3O3S. The monoisotopic (exact) mass is 357 g/mol. The Morgan fingerprint density at radius 2 is 2.00 bits per heavy atom. The molecule has 1 aliphatic rings. The van der Waals surface area contributed by atoms with Gasteiger partial charge in [-0.05, 0) is 49.2 Å². The minimum Gasteiger partial charge on any atom is -0.331 e. The summed E-state index contributed by atoms with van der Waals surface area (Å²) in [5.41, 5.74) is 2.51. The van der Waals surface area contributed by atoms with E-state index in [-0.39, 0.29) is 16.4 Å². The van der Waals surface area contributed by atoms with Crippen LogP contribution in [0.4, 0.5) is 11.4 Å². The molecule has 130 valence electrons. The number of nitrogens with one attached hydrogen (secondary N) is 1. The molecule has 0 aliphatic carbocycles. The van der Waals surface area contributed by atoms with Gasteiger partial charge in [-0.15, -0.1) is 4.40 Å². The summed E-state index contributed by atoms with van der Waals surface area (Å²) in [6, 6.07) is 12.1. The number of hydrogen-bond acceptors (Lipinski definition) is 4. The van der Waals surface area contributed by atoms with E-state index in [2.05, 4.69) is 9.71 Å². The number of amides is 1. The molecule has 7 heteroatoms. The van der Waals surface area contributed by atoms with E-state index in [0.29, 0.717) is 17.9 Å². The Kier molecular flexibility index (Phi) is 4.59. The lowest BCUT2D eigenvalue weighted by Crippen LogP contribution is -2.28. The predicted molar refractivity (Wildman–Crippen MR) is 98.9 cm³/mol. The number of hydrogen-bond donors (Lipinski definition) is 1. The molecule has 0 saturated heterocycles. The molecular weight excluding hydrogens is 338 g/mol. The fourth-order valence-corrected chi connectivity index (χ4v) is 3.76. The molecule has 2 aromatic rings. The minimum atomic E-state index is -3.78. The van der Waals surface area contributed by atoms with E-state index < -0.39 is 10.0 Å². The summed E-state index contributed by atoms with van der Waals surface area (Å²) in [7, 11) is -3.78. The summed E-state index contributed by atoms with van der Waals surface area (Å²) in [6.45, 7) is 4.59. The highest BCUT2D eigenvalue weighted by Crippen LogP contribution is 2.31. The summed E-state index contributed by atoms with van der Waals surface area (Å²) in [5.74, 6) is -0.361. The van der Waals surface area contributed by atoms with Crippen LogP contribution in [-0.4, -0.2) is 27.2 Å². The second kappa shape index (κ2) is 6.68. The zero-order valence-corrected chi connectivity index (χ0v) is 14.9. The fourth-order valence-electron chi connectivity index (χ4n) is 2.68. The van der Waals surface area contributed by atoms with Gasteiger partial charge >= 0.3 is 0 Å². The maximum atomic E-state index is 12.5. The molecule has 0 saturated carbocycles. The van der Waals surface area contributed by atoms with Gasteiger partial charge in [-0.2, -0.15) is 8.42 Å². The maximum absolute atomic E-state index is 12.5. The van der Waals surface area contributed by atoms with E-state index in [1.165, 1.54) is 12.4 Å². The highest BCUT2D eigenvalue weighted by atomic mass is 32.2. The van der Waals surface area contributed by atoms with Gasteiger partial charge in [0.2, 0.25) is 0 Å². The van der Waals surface area contributed by atoms with Crippen LogP contribution < -0.4 is 10.2 Å². The predicted octanol–water partition coefficient (Wildman–Crippen LogP) is 3.19. The zero-order valence-electron chi connectivity index (χ0n) is 14.1. The van der Waals surface area contributed by atoms with Crippen molar-refractivity contribution in [3.05, 3.63) is 53.6 Å². The Hall–Kier alpha value is -2.67. The van der Waals surface area contributed by atoms with Gasteiger partial charge in [-0.25, -0.2) is 0 Å². The molecule has 0 unspecified atom stereocenters. The molecule has 2 aromatic carbocycles. The average molecular weight is 357 g/mol. The minimum absolute atomic E-state index is 0.0559.